The Balaban J connectivity index is 2.00. The fourth-order valence-electron chi connectivity index (χ4n) is 4.25. The first-order valence-corrected chi connectivity index (χ1v) is 9.26. The molecule has 1 aliphatic carbocycles. The largest absolute Gasteiger partial charge is 0.506 e. The van der Waals surface area contributed by atoms with Crippen LogP contribution in [0.1, 0.15) is 33.6 Å². The van der Waals surface area contributed by atoms with Crippen molar-refractivity contribution >= 4 is 16.9 Å². The van der Waals surface area contributed by atoms with Gasteiger partial charge in [0, 0.05) is 41.3 Å². The smallest absolute Gasteiger partial charge is 0.345 e. The molecular weight excluding hydrogens is 358 g/mol. The molecule has 0 aliphatic heterocycles. The highest BCUT2D eigenvalue weighted by molar-refractivity contribution is 5.94. The lowest BCUT2D eigenvalue weighted by Crippen LogP contribution is -2.20. The topological polar surface area (TPSA) is 98.6 Å². The second-order valence-electron chi connectivity index (χ2n) is 7.65. The average Bonchev–Trinajstić information content (AvgIpc) is 2.81. The lowest BCUT2D eigenvalue weighted by Gasteiger charge is -2.13. The first kappa shape index (κ1) is 18.3. The van der Waals surface area contributed by atoms with E-state index in [0.29, 0.717) is 17.7 Å². The van der Waals surface area contributed by atoms with Crippen molar-refractivity contribution in [3.8, 4) is 17.0 Å². The van der Waals surface area contributed by atoms with Crippen molar-refractivity contribution in [2.75, 3.05) is 14.1 Å². The molecule has 2 heterocycles. The SMILES string of the molecule is CN(C)Cc1cc2c3c(ccc2n1C)-c1[nH]c(=O)c(C(=O)O)c(O)c1CCC3. The number of rotatable bonds is 3. The molecule has 0 saturated carbocycles. The second-order valence-corrected chi connectivity index (χ2v) is 7.65. The highest BCUT2D eigenvalue weighted by Crippen LogP contribution is 2.39. The number of fused-ring (bicyclic) bond motifs is 5. The van der Waals surface area contributed by atoms with Crippen molar-refractivity contribution in [2.45, 2.75) is 25.8 Å². The van der Waals surface area contributed by atoms with E-state index in [0.717, 1.165) is 41.4 Å². The minimum atomic E-state index is -1.42. The minimum Gasteiger partial charge on any atom is -0.506 e. The lowest BCUT2D eigenvalue weighted by atomic mass is 9.97. The van der Waals surface area contributed by atoms with Crippen LogP contribution in [0.15, 0.2) is 23.0 Å². The van der Waals surface area contributed by atoms with E-state index in [2.05, 4.69) is 20.5 Å². The summed E-state index contributed by atoms with van der Waals surface area (Å²) < 4.78 is 2.18. The summed E-state index contributed by atoms with van der Waals surface area (Å²) in [6.45, 7) is 0.816. The Morgan fingerprint density at radius 3 is 2.64 bits per heavy atom. The molecule has 3 aromatic rings. The predicted molar refractivity (Wildman–Crippen MR) is 107 cm³/mol. The molecule has 0 saturated heterocycles. The summed E-state index contributed by atoms with van der Waals surface area (Å²) in [7, 11) is 6.11. The van der Waals surface area contributed by atoms with Gasteiger partial charge in [0.05, 0.1) is 5.69 Å². The number of carboxylic acid groups (broad SMARTS) is 1. The van der Waals surface area contributed by atoms with Crippen LogP contribution in [-0.2, 0) is 26.4 Å². The van der Waals surface area contributed by atoms with Crippen LogP contribution >= 0.6 is 0 Å². The Hall–Kier alpha value is -3.06. The fourth-order valence-corrected chi connectivity index (χ4v) is 4.25. The van der Waals surface area contributed by atoms with Gasteiger partial charge in [-0.1, -0.05) is 6.07 Å². The van der Waals surface area contributed by atoms with Crippen molar-refractivity contribution in [2.24, 2.45) is 7.05 Å². The number of aromatic nitrogens is 2. The van der Waals surface area contributed by atoms with Crippen LogP contribution in [0.5, 0.6) is 5.75 Å². The molecule has 0 bridgehead atoms. The van der Waals surface area contributed by atoms with Crippen LogP contribution < -0.4 is 5.56 Å². The Bertz CT molecular complexity index is 1170. The molecule has 0 atom stereocenters. The second kappa shape index (κ2) is 6.53. The van der Waals surface area contributed by atoms with Crippen LogP contribution in [0, 0.1) is 0 Å². The Morgan fingerprint density at radius 2 is 1.96 bits per heavy atom. The van der Waals surface area contributed by atoms with Gasteiger partial charge in [-0.2, -0.15) is 0 Å². The van der Waals surface area contributed by atoms with Gasteiger partial charge in [-0.05, 0) is 51.1 Å². The summed E-state index contributed by atoms with van der Waals surface area (Å²) in [5.41, 5.74) is 3.94. The van der Waals surface area contributed by atoms with Crippen LogP contribution in [0.3, 0.4) is 0 Å². The first-order chi connectivity index (χ1) is 13.3. The minimum absolute atomic E-state index is 0.416. The third-order valence-electron chi connectivity index (χ3n) is 5.54. The third-order valence-corrected chi connectivity index (χ3v) is 5.54. The zero-order chi connectivity index (χ0) is 20.2. The number of carboxylic acids is 1. The number of aromatic amines is 1. The fraction of sp³-hybridized carbons (Fsp3) is 0.333. The third kappa shape index (κ3) is 2.70. The standard InChI is InChI=1S/C21H23N3O4/c1-23(2)10-11-9-15-12-5-4-6-14-18(13(12)7-8-16(15)24(11)3)22-20(26)17(19(14)25)21(27)28/h7-9H,4-6,10H2,1-3H3,(H,27,28)(H2,22,25,26). The number of aromatic hydroxyl groups is 1. The average molecular weight is 381 g/mol. The van der Waals surface area contributed by atoms with E-state index in [9.17, 15) is 19.8 Å². The predicted octanol–water partition coefficient (Wildman–Crippen LogP) is 2.49. The van der Waals surface area contributed by atoms with Crippen molar-refractivity contribution < 1.29 is 15.0 Å². The number of carbonyl (C=O) groups is 1. The molecular formula is C21H23N3O4. The molecule has 0 amide bonds. The molecule has 7 nitrogen and oxygen atoms in total. The van der Waals surface area contributed by atoms with Gasteiger partial charge in [0.25, 0.3) is 5.56 Å². The van der Waals surface area contributed by atoms with E-state index < -0.39 is 22.8 Å². The lowest BCUT2D eigenvalue weighted by molar-refractivity contribution is 0.0691. The number of pyridine rings is 1. The maximum Gasteiger partial charge on any atom is 0.345 e. The number of nitrogens with zero attached hydrogens (tertiary/aromatic N) is 2. The number of benzene rings is 1. The maximum atomic E-state index is 12.3. The molecule has 0 radical (unpaired) electrons. The van der Waals surface area contributed by atoms with E-state index in [-0.39, 0.29) is 0 Å². The molecule has 3 N–H and O–H groups in total. The van der Waals surface area contributed by atoms with Gasteiger partial charge < -0.3 is 24.7 Å². The quantitative estimate of drug-likeness (QED) is 0.647. The number of hydrogen-bond donors (Lipinski definition) is 3. The van der Waals surface area contributed by atoms with E-state index in [4.69, 9.17) is 0 Å². The van der Waals surface area contributed by atoms with Gasteiger partial charge in [0.15, 0.2) is 5.56 Å². The molecule has 0 fully saturated rings. The van der Waals surface area contributed by atoms with Gasteiger partial charge >= 0.3 is 5.97 Å². The first-order valence-electron chi connectivity index (χ1n) is 9.26. The van der Waals surface area contributed by atoms with Crippen LogP contribution in [0.2, 0.25) is 0 Å². The Morgan fingerprint density at radius 1 is 1.25 bits per heavy atom. The normalized spacial score (nSPS) is 13.4. The van der Waals surface area contributed by atoms with E-state index in [1.54, 1.807) is 0 Å². The molecule has 4 rings (SSSR count). The molecule has 28 heavy (non-hydrogen) atoms. The Labute approximate surface area is 161 Å². The summed E-state index contributed by atoms with van der Waals surface area (Å²) in [5.74, 6) is -1.83. The zero-order valence-corrected chi connectivity index (χ0v) is 16.2. The van der Waals surface area contributed by atoms with Crippen LogP contribution in [0.4, 0.5) is 0 Å². The van der Waals surface area contributed by atoms with Crippen LogP contribution in [0.25, 0.3) is 22.2 Å². The summed E-state index contributed by atoms with van der Waals surface area (Å²) in [6.07, 6.45) is 2.05. The van der Waals surface area contributed by atoms with E-state index in [1.165, 1.54) is 5.69 Å². The highest BCUT2D eigenvalue weighted by Gasteiger charge is 2.26. The van der Waals surface area contributed by atoms with Crippen molar-refractivity contribution in [3.63, 3.8) is 0 Å². The summed E-state index contributed by atoms with van der Waals surface area (Å²) in [4.78, 5) is 28.5. The number of aryl methyl sites for hydroxylation is 2. The highest BCUT2D eigenvalue weighted by atomic mass is 16.4. The van der Waals surface area contributed by atoms with Gasteiger partial charge in [0.2, 0.25) is 0 Å². The molecule has 0 unspecified atom stereocenters. The molecule has 146 valence electrons. The van der Waals surface area contributed by atoms with E-state index in [1.807, 2.05) is 33.3 Å². The van der Waals surface area contributed by atoms with E-state index >= 15 is 0 Å². The molecule has 7 heteroatoms. The summed E-state index contributed by atoms with van der Waals surface area (Å²) >= 11 is 0. The summed E-state index contributed by atoms with van der Waals surface area (Å²) in [6, 6.07) is 6.16. The monoisotopic (exact) mass is 381 g/mol. The molecule has 0 spiro atoms. The van der Waals surface area contributed by atoms with Crippen molar-refractivity contribution in [1.29, 1.82) is 0 Å². The Kier molecular flexibility index (Phi) is 4.27. The zero-order valence-electron chi connectivity index (χ0n) is 16.2. The molecule has 2 aromatic heterocycles. The van der Waals surface area contributed by atoms with Crippen molar-refractivity contribution in [3.05, 3.63) is 50.9 Å². The molecule has 1 aliphatic rings. The molecule has 1 aromatic carbocycles. The van der Waals surface area contributed by atoms with Gasteiger partial charge in [-0.3, -0.25) is 4.79 Å². The number of aromatic carboxylic acids is 1. The number of nitrogens with one attached hydrogen (secondary N) is 1. The number of hydrogen-bond acceptors (Lipinski definition) is 4. The van der Waals surface area contributed by atoms with Crippen LogP contribution in [-0.4, -0.2) is 44.7 Å². The van der Waals surface area contributed by atoms with Gasteiger partial charge in [0.1, 0.15) is 5.75 Å². The number of H-pyrrole nitrogens is 1. The summed E-state index contributed by atoms with van der Waals surface area (Å²) in [5, 5.41) is 20.9. The maximum absolute atomic E-state index is 12.3. The van der Waals surface area contributed by atoms with Gasteiger partial charge in [-0.25, -0.2) is 4.79 Å². The van der Waals surface area contributed by atoms with Gasteiger partial charge in [-0.15, -0.1) is 0 Å². The van der Waals surface area contributed by atoms with Crippen molar-refractivity contribution in [1.82, 2.24) is 14.5 Å².